The van der Waals surface area contributed by atoms with Gasteiger partial charge in [0.25, 0.3) is 5.91 Å². The van der Waals surface area contributed by atoms with E-state index in [2.05, 4.69) is 30.5 Å². The zero-order valence-corrected chi connectivity index (χ0v) is 15.8. The van der Waals surface area contributed by atoms with Crippen LogP contribution in [0.3, 0.4) is 0 Å². The molecule has 28 heavy (non-hydrogen) atoms. The number of hydrogen-bond acceptors (Lipinski definition) is 8. The smallest absolute Gasteiger partial charge is 0.270 e. The van der Waals surface area contributed by atoms with E-state index >= 15 is 0 Å². The monoisotopic (exact) mass is 387 g/mol. The average molecular weight is 387 g/mol. The Kier molecular flexibility index (Phi) is 5.51. The first-order valence-corrected chi connectivity index (χ1v) is 9.42. The SMILES string of the molecule is Cn1cnc2c1CCN(C[C@@H](O)CNC(=O)c1cc(NC3COC3)ncn1)C2. The fourth-order valence-electron chi connectivity index (χ4n) is 3.42. The molecule has 1 fully saturated rings. The number of anilines is 1. The first kappa shape index (κ1) is 18.8. The number of ether oxygens (including phenoxy) is 1. The molecule has 0 unspecified atom stereocenters. The molecule has 2 aromatic rings. The third kappa shape index (κ3) is 4.29. The maximum absolute atomic E-state index is 12.3. The van der Waals surface area contributed by atoms with Gasteiger partial charge in [0, 0.05) is 51.4 Å². The average Bonchev–Trinajstić information content (AvgIpc) is 3.03. The lowest BCUT2D eigenvalue weighted by molar-refractivity contribution is 0.0209. The fourth-order valence-corrected chi connectivity index (χ4v) is 3.42. The van der Waals surface area contributed by atoms with Gasteiger partial charge in [-0.25, -0.2) is 15.0 Å². The lowest BCUT2D eigenvalue weighted by Crippen LogP contribution is -2.42. The number of rotatable bonds is 7. The Morgan fingerprint density at radius 3 is 3.04 bits per heavy atom. The summed E-state index contributed by atoms with van der Waals surface area (Å²) in [5, 5.41) is 16.2. The number of carbonyl (C=O) groups is 1. The number of amides is 1. The van der Waals surface area contributed by atoms with Crippen LogP contribution < -0.4 is 10.6 Å². The summed E-state index contributed by atoms with van der Waals surface area (Å²) in [4.78, 5) is 27.0. The number of aliphatic hydroxyl groups excluding tert-OH is 1. The lowest BCUT2D eigenvalue weighted by Gasteiger charge is -2.28. The predicted molar refractivity (Wildman–Crippen MR) is 101 cm³/mol. The summed E-state index contributed by atoms with van der Waals surface area (Å²) in [5.41, 5.74) is 2.57. The zero-order valence-electron chi connectivity index (χ0n) is 15.8. The van der Waals surface area contributed by atoms with Gasteiger partial charge in [-0.3, -0.25) is 9.69 Å². The van der Waals surface area contributed by atoms with E-state index in [4.69, 9.17) is 4.74 Å². The Bertz CT molecular complexity index is 836. The third-order valence-electron chi connectivity index (χ3n) is 5.04. The van der Waals surface area contributed by atoms with Crippen LogP contribution in [0.4, 0.5) is 5.82 Å². The maximum atomic E-state index is 12.3. The summed E-state index contributed by atoms with van der Waals surface area (Å²) < 4.78 is 7.16. The lowest BCUT2D eigenvalue weighted by atomic mass is 10.1. The number of β-amino-alcohol motifs (C(OH)–C–C–N with tert-alkyl or cyclic N) is 1. The van der Waals surface area contributed by atoms with E-state index in [1.54, 1.807) is 6.07 Å². The number of aliphatic hydroxyl groups is 1. The molecule has 0 aliphatic carbocycles. The van der Waals surface area contributed by atoms with Crippen LogP contribution in [0.1, 0.15) is 21.9 Å². The van der Waals surface area contributed by atoms with E-state index in [1.165, 1.54) is 12.0 Å². The molecule has 4 rings (SSSR count). The molecule has 0 radical (unpaired) electrons. The molecule has 1 saturated heterocycles. The summed E-state index contributed by atoms with van der Waals surface area (Å²) >= 11 is 0. The fraction of sp³-hybridized carbons (Fsp3) is 0.556. The van der Waals surface area contributed by atoms with Crippen LogP contribution in [0.15, 0.2) is 18.7 Å². The highest BCUT2D eigenvalue weighted by atomic mass is 16.5. The van der Waals surface area contributed by atoms with Crippen molar-refractivity contribution in [2.24, 2.45) is 7.05 Å². The number of nitrogens with zero attached hydrogens (tertiary/aromatic N) is 5. The van der Waals surface area contributed by atoms with Gasteiger partial charge in [0.2, 0.25) is 0 Å². The molecule has 4 heterocycles. The van der Waals surface area contributed by atoms with Crippen molar-refractivity contribution in [3.05, 3.63) is 35.8 Å². The molecule has 2 aromatic heterocycles. The topological polar surface area (TPSA) is 117 Å². The van der Waals surface area contributed by atoms with Crippen molar-refractivity contribution in [3.63, 3.8) is 0 Å². The third-order valence-corrected chi connectivity index (χ3v) is 5.04. The van der Waals surface area contributed by atoms with E-state index in [-0.39, 0.29) is 24.2 Å². The van der Waals surface area contributed by atoms with Crippen molar-refractivity contribution >= 4 is 11.7 Å². The summed E-state index contributed by atoms with van der Waals surface area (Å²) in [6, 6.07) is 1.82. The van der Waals surface area contributed by atoms with Gasteiger partial charge >= 0.3 is 0 Å². The van der Waals surface area contributed by atoms with Gasteiger partial charge in [0.05, 0.1) is 37.4 Å². The highest BCUT2D eigenvalue weighted by Crippen LogP contribution is 2.17. The Labute approximate surface area is 162 Å². The van der Waals surface area contributed by atoms with Crippen LogP contribution in [0.2, 0.25) is 0 Å². The summed E-state index contributed by atoms with van der Waals surface area (Å²) in [7, 11) is 2.00. The van der Waals surface area contributed by atoms with Crippen molar-refractivity contribution in [1.29, 1.82) is 0 Å². The van der Waals surface area contributed by atoms with Gasteiger partial charge in [-0.2, -0.15) is 0 Å². The Hall–Kier alpha value is -2.56. The van der Waals surface area contributed by atoms with Gasteiger partial charge in [0.15, 0.2) is 0 Å². The second-order valence-corrected chi connectivity index (χ2v) is 7.27. The molecular formula is C18H25N7O3. The summed E-state index contributed by atoms with van der Waals surface area (Å²) in [6.45, 7) is 3.49. The molecule has 1 amide bonds. The number of aryl methyl sites for hydroxylation is 1. The summed E-state index contributed by atoms with van der Waals surface area (Å²) in [5.74, 6) is 0.258. The van der Waals surface area contributed by atoms with Crippen molar-refractivity contribution in [1.82, 2.24) is 29.7 Å². The van der Waals surface area contributed by atoms with Crippen LogP contribution in [0, 0.1) is 0 Å². The number of nitrogens with one attached hydrogen (secondary N) is 2. The molecule has 0 bridgehead atoms. The molecule has 10 nitrogen and oxygen atoms in total. The molecule has 0 spiro atoms. The van der Waals surface area contributed by atoms with Crippen molar-refractivity contribution < 1.29 is 14.6 Å². The summed E-state index contributed by atoms with van der Waals surface area (Å²) in [6.07, 6.45) is 3.42. The van der Waals surface area contributed by atoms with Gasteiger partial charge in [-0.1, -0.05) is 0 Å². The van der Waals surface area contributed by atoms with Gasteiger partial charge in [-0.15, -0.1) is 0 Å². The zero-order chi connectivity index (χ0) is 19.5. The second-order valence-electron chi connectivity index (χ2n) is 7.27. The van der Waals surface area contributed by atoms with Crippen LogP contribution in [-0.2, 0) is 24.8 Å². The molecule has 2 aliphatic heterocycles. The van der Waals surface area contributed by atoms with Gasteiger partial charge in [-0.05, 0) is 0 Å². The van der Waals surface area contributed by atoms with E-state index in [0.717, 1.165) is 18.7 Å². The minimum absolute atomic E-state index is 0.160. The predicted octanol–water partition coefficient (Wildman–Crippen LogP) is -0.830. The first-order valence-electron chi connectivity index (χ1n) is 9.42. The molecular weight excluding hydrogens is 362 g/mol. The quantitative estimate of drug-likeness (QED) is 0.564. The normalized spacial score (nSPS) is 18.2. The molecule has 10 heteroatoms. The van der Waals surface area contributed by atoms with Gasteiger partial charge in [0.1, 0.15) is 17.8 Å². The van der Waals surface area contributed by atoms with Gasteiger partial charge < -0.3 is 25.0 Å². The minimum atomic E-state index is -0.666. The molecule has 1 atom stereocenters. The molecule has 0 saturated carbocycles. The minimum Gasteiger partial charge on any atom is -0.390 e. The maximum Gasteiger partial charge on any atom is 0.270 e. The second kappa shape index (κ2) is 8.21. The number of imidazole rings is 1. The van der Waals surface area contributed by atoms with Crippen LogP contribution in [0.25, 0.3) is 0 Å². The van der Waals surface area contributed by atoms with Crippen LogP contribution in [0.5, 0.6) is 0 Å². The van der Waals surface area contributed by atoms with E-state index < -0.39 is 6.10 Å². The van der Waals surface area contributed by atoms with Crippen molar-refractivity contribution in [3.8, 4) is 0 Å². The molecule has 150 valence electrons. The highest BCUT2D eigenvalue weighted by Gasteiger charge is 2.22. The van der Waals surface area contributed by atoms with E-state index in [0.29, 0.717) is 32.1 Å². The largest absolute Gasteiger partial charge is 0.390 e. The van der Waals surface area contributed by atoms with E-state index in [1.807, 2.05) is 17.9 Å². The number of fused-ring (bicyclic) bond motifs is 1. The molecule has 0 aromatic carbocycles. The van der Waals surface area contributed by atoms with Crippen LogP contribution in [-0.4, -0.2) is 80.4 Å². The highest BCUT2D eigenvalue weighted by molar-refractivity contribution is 5.92. The number of aromatic nitrogens is 4. The Morgan fingerprint density at radius 1 is 1.39 bits per heavy atom. The van der Waals surface area contributed by atoms with Crippen molar-refractivity contribution in [2.75, 3.05) is 38.2 Å². The van der Waals surface area contributed by atoms with E-state index in [9.17, 15) is 9.90 Å². The number of carbonyl (C=O) groups excluding carboxylic acids is 1. The Balaban J connectivity index is 1.25. The number of hydrogen-bond donors (Lipinski definition) is 3. The first-order chi connectivity index (χ1) is 13.6. The van der Waals surface area contributed by atoms with Crippen LogP contribution >= 0.6 is 0 Å². The van der Waals surface area contributed by atoms with Crippen molar-refractivity contribution in [2.45, 2.75) is 25.1 Å². The Morgan fingerprint density at radius 2 is 2.25 bits per heavy atom. The molecule has 3 N–H and O–H groups in total. The molecule has 2 aliphatic rings. The standard InChI is InChI=1S/C18H25N7O3/c1-24-11-22-15-7-25(3-2-16(15)24)6-13(26)5-19-18(27)14-4-17(21-10-20-14)23-12-8-28-9-12/h4,10-13,26H,2-3,5-9H2,1H3,(H,19,27)(H,20,21,23)/t13-/m0/s1.